The molecule has 4 heteroatoms. The summed E-state index contributed by atoms with van der Waals surface area (Å²) in [5, 5.41) is 1.06. The summed E-state index contributed by atoms with van der Waals surface area (Å²) >= 11 is 12.2. The summed E-state index contributed by atoms with van der Waals surface area (Å²) in [5.74, 6) is 0.570. The number of benzene rings is 2. The standard InChI is InChI=1S/C17H12Cl2N2/c1-11-5-7-12(8-6-11)15-10-16(19)21-17(20-15)13-3-2-4-14(18)9-13/h2-10H,1H3. The first-order valence-corrected chi connectivity index (χ1v) is 7.25. The molecule has 1 heterocycles. The Balaban J connectivity index is 2.10. The van der Waals surface area contributed by atoms with Gasteiger partial charge in [0.2, 0.25) is 0 Å². The quantitative estimate of drug-likeness (QED) is 0.590. The SMILES string of the molecule is Cc1ccc(-c2cc(Cl)nc(-c3cccc(Cl)c3)n2)cc1. The van der Waals surface area contributed by atoms with Crippen LogP contribution in [0.15, 0.2) is 54.6 Å². The second-order valence-corrected chi connectivity index (χ2v) is 5.60. The van der Waals surface area contributed by atoms with Crippen LogP contribution >= 0.6 is 23.2 Å². The molecule has 0 atom stereocenters. The Hall–Kier alpha value is -1.90. The van der Waals surface area contributed by atoms with Gasteiger partial charge in [0.15, 0.2) is 5.82 Å². The predicted octanol–water partition coefficient (Wildman–Crippen LogP) is 5.43. The van der Waals surface area contributed by atoms with Gasteiger partial charge in [0, 0.05) is 22.2 Å². The highest BCUT2D eigenvalue weighted by atomic mass is 35.5. The predicted molar refractivity (Wildman–Crippen MR) is 87.7 cm³/mol. The molecular formula is C17H12Cl2N2. The Bertz CT molecular complexity index is 783. The van der Waals surface area contributed by atoms with Crippen molar-refractivity contribution in [1.29, 1.82) is 0 Å². The maximum atomic E-state index is 6.14. The number of aryl methyl sites for hydroxylation is 1. The normalized spacial score (nSPS) is 10.6. The van der Waals surface area contributed by atoms with E-state index in [0.717, 1.165) is 16.8 Å². The zero-order chi connectivity index (χ0) is 14.8. The van der Waals surface area contributed by atoms with E-state index in [0.29, 0.717) is 16.0 Å². The minimum Gasteiger partial charge on any atom is -0.228 e. The van der Waals surface area contributed by atoms with E-state index in [4.69, 9.17) is 23.2 Å². The lowest BCUT2D eigenvalue weighted by Gasteiger charge is -2.06. The first kappa shape index (κ1) is 14.1. The van der Waals surface area contributed by atoms with Gasteiger partial charge in [0.05, 0.1) is 5.69 Å². The molecule has 0 saturated heterocycles. The second-order valence-electron chi connectivity index (χ2n) is 4.78. The van der Waals surface area contributed by atoms with E-state index in [9.17, 15) is 0 Å². The average Bonchev–Trinajstić information content (AvgIpc) is 2.47. The molecular weight excluding hydrogens is 303 g/mol. The fourth-order valence-corrected chi connectivity index (χ4v) is 2.42. The Morgan fingerprint density at radius 3 is 2.29 bits per heavy atom. The molecule has 3 rings (SSSR count). The van der Waals surface area contributed by atoms with Crippen LogP contribution in [0.25, 0.3) is 22.6 Å². The summed E-state index contributed by atoms with van der Waals surface area (Å²) in [7, 11) is 0. The molecule has 0 fully saturated rings. The molecule has 0 unspecified atom stereocenters. The van der Waals surface area contributed by atoms with Crippen molar-refractivity contribution in [1.82, 2.24) is 9.97 Å². The molecule has 2 aromatic carbocycles. The number of halogens is 2. The Morgan fingerprint density at radius 1 is 0.810 bits per heavy atom. The first-order chi connectivity index (χ1) is 10.1. The van der Waals surface area contributed by atoms with E-state index < -0.39 is 0 Å². The van der Waals surface area contributed by atoms with E-state index in [1.54, 1.807) is 6.07 Å². The van der Waals surface area contributed by atoms with E-state index in [1.165, 1.54) is 5.56 Å². The van der Waals surface area contributed by atoms with Crippen LogP contribution in [-0.2, 0) is 0 Å². The minimum absolute atomic E-state index is 0.413. The largest absolute Gasteiger partial charge is 0.228 e. The molecule has 2 nitrogen and oxygen atoms in total. The summed E-state index contributed by atoms with van der Waals surface area (Å²) in [6.07, 6.45) is 0. The van der Waals surface area contributed by atoms with Crippen LogP contribution in [0, 0.1) is 6.92 Å². The molecule has 0 spiro atoms. The third-order valence-electron chi connectivity index (χ3n) is 3.13. The van der Waals surface area contributed by atoms with Crippen molar-refractivity contribution in [3.63, 3.8) is 0 Å². The minimum atomic E-state index is 0.413. The average molecular weight is 315 g/mol. The molecule has 0 amide bonds. The maximum Gasteiger partial charge on any atom is 0.161 e. The van der Waals surface area contributed by atoms with Crippen LogP contribution in [-0.4, -0.2) is 9.97 Å². The van der Waals surface area contributed by atoms with Crippen LogP contribution in [0.4, 0.5) is 0 Å². The van der Waals surface area contributed by atoms with Gasteiger partial charge in [-0.15, -0.1) is 0 Å². The van der Waals surface area contributed by atoms with Crippen molar-refractivity contribution in [2.24, 2.45) is 0 Å². The summed E-state index contributed by atoms with van der Waals surface area (Å²) < 4.78 is 0. The van der Waals surface area contributed by atoms with E-state index in [2.05, 4.69) is 9.97 Å². The van der Waals surface area contributed by atoms with Gasteiger partial charge in [-0.3, -0.25) is 0 Å². The Kier molecular flexibility index (Phi) is 3.91. The lowest BCUT2D eigenvalue weighted by molar-refractivity contribution is 1.18. The zero-order valence-corrected chi connectivity index (χ0v) is 12.9. The monoisotopic (exact) mass is 314 g/mol. The van der Waals surface area contributed by atoms with Crippen molar-refractivity contribution >= 4 is 23.2 Å². The van der Waals surface area contributed by atoms with Gasteiger partial charge in [-0.05, 0) is 19.1 Å². The molecule has 0 bridgehead atoms. The van der Waals surface area contributed by atoms with Gasteiger partial charge in [-0.25, -0.2) is 9.97 Å². The van der Waals surface area contributed by atoms with Crippen LogP contribution in [0.1, 0.15) is 5.56 Å². The molecule has 0 aliphatic heterocycles. The summed E-state index contributed by atoms with van der Waals surface area (Å²) in [4.78, 5) is 8.87. The molecule has 3 aromatic rings. The molecule has 1 aromatic heterocycles. The molecule has 0 saturated carbocycles. The number of rotatable bonds is 2. The van der Waals surface area contributed by atoms with E-state index in [1.807, 2.05) is 55.5 Å². The smallest absolute Gasteiger partial charge is 0.161 e. The molecule has 104 valence electrons. The zero-order valence-electron chi connectivity index (χ0n) is 11.3. The van der Waals surface area contributed by atoms with Crippen molar-refractivity contribution in [3.8, 4) is 22.6 Å². The number of nitrogens with zero attached hydrogens (tertiary/aromatic N) is 2. The highest BCUT2D eigenvalue weighted by Gasteiger charge is 2.08. The fourth-order valence-electron chi connectivity index (χ4n) is 2.05. The van der Waals surface area contributed by atoms with Crippen molar-refractivity contribution < 1.29 is 0 Å². The van der Waals surface area contributed by atoms with Gasteiger partial charge in [-0.1, -0.05) is 65.2 Å². The molecule has 21 heavy (non-hydrogen) atoms. The Labute approximate surface area is 133 Å². The fraction of sp³-hybridized carbons (Fsp3) is 0.0588. The topological polar surface area (TPSA) is 25.8 Å². The summed E-state index contributed by atoms with van der Waals surface area (Å²) in [6.45, 7) is 2.05. The first-order valence-electron chi connectivity index (χ1n) is 6.49. The molecule has 0 N–H and O–H groups in total. The van der Waals surface area contributed by atoms with Gasteiger partial charge in [-0.2, -0.15) is 0 Å². The summed E-state index contributed by atoms with van der Waals surface area (Å²) in [6, 6.07) is 17.3. The van der Waals surface area contributed by atoms with Gasteiger partial charge >= 0.3 is 0 Å². The van der Waals surface area contributed by atoms with Crippen molar-refractivity contribution in [2.75, 3.05) is 0 Å². The van der Waals surface area contributed by atoms with E-state index in [-0.39, 0.29) is 0 Å². The third-order valence-corrected chi connectivity index (χ3v) is 3.55. The van der Waals surface area contributed by atoms with Crippen LogP contribution in [0.5, 0.6) is 0 Å². The maximum absolute atomic E-state index is 6.14. The Morgan fingerprint density at radius 2 is 1.57 bits per heavy atom. The summed E-state index contributed by atoms with van der Waals surface area (Å²) in [5.41, 5.74) is 3.85. The number of hydrogen-bond donors (Lipinski definition) is 0. The van der Waals surface area contributed by atoms with Gasteiger partial charge in [0.25, 0.3) is 0 Å². The van der Waals surface area contributed by atoms with Gasteiger partial charge in [0.1, 0.15) is 5.15 Å². The second kappa shape index (κ2) is 5.84. The number of aromatic nitrogens is 2. The molecule has 0 aliphatic rings. The lowest BCUT2D eigenvalue weighted by Crippen LogP contribution is -1.93. The van der Waals surface area contributed by atoms with Crippen LogP contribution < -0.4 is 0 Å². The van der Waals surface area contributed by atoms with Gasteiger partial charge < -0.3 is 0 Å². The highest BCUT2D eigenvalue weighted by Crippen LogP contribution is 2.25. The van der Waals surface area contributed by atoms with Crippen molar-refractivity contribution in [3.05, 3.63) is 70.3 Å². The number of hydrogen-bond acceptors (Lipinski definition) is 2. The molecule has 0 aliphatic carbocycles. The lowest BCUT2D eigenvalue weighted by atomic mass is 10.1. The van der Waals surface area contributed by atoms with Crippen molar-refractivity contribution in [2.45, 2.75) is 6.92 Å². The third kappa shape index (κ3) is 3.23. The highest BCUT2D eigenvalue weighted by molar-refractivity contribution is 6.31. The van der Waals surface area contributed by atoms with Crippen LogP contribution in [0.3, 0.4) is 0 Å². The van der Waals surface area contributed by atoms with Crippen LogP contribution in [0.2, 0.25) is 10.2 Å². The molecule has 0 radical (unpaired) electrons. The van der Waals surface area contributed by atoms with E-state index >= 15 is 0 Å².